The lowest BCUT2D eigenvalue weighted by Gasteiger charge is -2.12. The van der Waals surface area contributed by atoms with Crippen LogP contribution in [-0.2, 0) is 6.42 Å². The summed E-state index contributed by atoms with van der Waals surface area (Å²) in [5, 5.41) is 9.02. The van der Waals surface area contributed by atoms with Crippen LogP contribution in [0.2, 0.25) is 0 Å². The Balaban J connectivity index is 2.90. The average Bonchev–Trinajstić information content (AvgIpc) is 2.25. The van der Waals surface area contributed by atoms with E-state index in [1.807, 2.05) is 18.2 Å². The fourth-order valence-corrected chi connectivity index (χ4v) is 1.43. The number of aliphatic hydroxyl groups excluding tert-OH is 1. The van der Waals surface area contributed by atoms with Gasteiger partial charge >= 0.3 is 0 Å². The first kappa shape index (κ1) is 11.1. The normalized spacial score (nSPS) is 10.2. The van der Waals surface area contributed by atoms with Gasteiger partial charge in [0.2, 0.25) is 0 Å². The van der Waals surface area contributed by atoms with E-state index in [2.05, 4.69) is 13.8 Å². The SMILES string of the molecule is CCCOc1cccc([CH]O)c1CC. The topological polar surface area (TPSA) is 29.5 Å². The Morgan fingerprint density at radius 1 is 1.36 bits per heavy atom. The maximum Gasteiger partial charge on any atom is 0.122 e. The summed E-state index contributed by atoms with van der Waals surface area (Å²) in [6.45, 7) is 5.99. The van der Waals surface area contributed by atoms with E-state index < -0.39 is 0 Å². The van der Waals surface area contributed by atoms with Crippen molar-refractivity contribution in [3.8, 4) is 5.75 Å². The molecule has 2 heteroatoms. The molecule has 0 aliphatic carbocycles. The molecule has 0 saturated heterocycles. The summed E-state index contributed by atoms with van der Waals surface area (Å²) in [7, 11) is 0. The maximum absolute atomic E-state index is 9.02. The lowest BCUT2D eigenvalue weighted by atomic mass is 10.0. The standard InChI is InChI=1S/C12H17O2/c1-3-8-14-12-7-5-6-10(9-13)11(12)4-2/h5-7,9,13H,3-4,8H2,1-2H3. The minimum Gasteiger partial charge on any atom is -0.493 e. The van der Waals surface area contributed by atoms with Crippen molar-refractivity contribution in [2.45, 2.75) is 26.7 Å². The van der Waals surface area contributed by atoms with Crippen molar-refractivity contribution in [2.75, 3.05) is 6.61 Å². The summed E-state index contributed by atoms with van der Waals surface area (Å²) in [5.41, 5.74) is 1.92. The van der Waals surface area contributed by atoms with Gasteiger partial charge in [0.05, 0.1) is 6.61 Å². The third-order valence-corrected chi connectivity index (χ3v) is 2.12. The van der Waals surface area contributed by atoms with Gasteiger partial charge in [-0.2, -0.15) is 0 Å². The van der Waals surface area contributed by atoms with Gasteiger partial charge in [0.15, 0.2) is 0 Å². The second kappa shape index (κ2) is 5.66. The molecule has 2 nitrogen and oxygen atoms in total. The lowest BCUT2D eigenvalue weighted by Crippen LogP contribution is -2.00. The Morgan fingerprint density at radius 2 is 2.14 bits per heavy atom. The third kappa shape index (κ3) is 2.48. The van der Waals surface area contributed by atoms with Gasteiger partial charge in [-0.3, -0.25) is 0 Å². The molecule has 0 fully saturated rings. The summed E-state index contributed by atoms with van der Waals surface area (Å²) < 4.78 is 5.59. The molecule has 0 aliphatic rings. The molecule has 1 aromatic rings. The molecular formula is C12H17O2. The van der Waals surface area contributed by atoms with Gasteiger partial charge in [0.1, 0.15) is 12.4 Å². The van der Waals surface area contributed by atoms with Crippen molar-refractivity contribution in [2.24, 2.45) is 0 Å². The van der Waals surface area contributed by atoms with Gasteiger partial charge in [0.25, 0.3) is 0 Å². The van der Waals surface area contributed by atoms with Crippen molar-refractivity contribution < 1.29 is 9.84 Å². The van der Waals surface area contributed by atoms with E-state index in [1.54, 1.807) is 0 Å². The van der Waals surface area contributed by atoms with Crippen LogP contribution in [-0.4, -0.2) is 11.7 Å². The smallest absolute Gasteiger partial charge is 0.122 e. The van der Waals surface area contributed by atoms with E-state index in [1.165, 1.54) is 0 Å². The van der Waals surface area contributed by atoms with Crippen molar-refractivity contribution in [1.29, 1.82) is 0 Å². The first-order valence-corrected chi connectivity index (χ1v) is 5.05. The number of rotatable bonds is 5. The van der Waals surface area contributed by atoms with Crippen molar-refractivity contribution >= 4 is 0 Å². The van der Waals surface area contributed by atoms with Gasteiger partial charge in [-0.1, -0.05) is 26.0 Å². The summed E-state index contributed by atoms with van der Waals surface area (Å²) in [4.78, 5) is 0. The summed E-state index contributed by atoms with van der Waals surface area (Å²) in [6.07, 6.45) is 1.86. The van der Waals surface area contributed by atoms with Crippen molar-refractivity contribution in [3.05, 3.63) is 35.9 Å². The largest absolute Gasteiger partial charge is 0.493 e. The van der Waals surface area contributed by atoms with Crippen LogP contribution in [0, 0.1) is 6.61 Å². The molecule has 0 bridgehead atoms. The second-order valence-corrected chi connectivity index (χ2v) is 3.16. The molecular weight excluding hydrogens is 176 g/mol. The Hall–Kier alpha value is -1.02. The number of hydrogen-bond donors (Lipinski definition) is 1. The summed E-state index contributed by atoms with van der Waals surface area (Å²) >= 11 is 0. The van der Waals surface area contributed by atoms with E-state index in [-0.39, 0.29) is 0 Å². The molecule has 0 atom stereocenters. The number of ether oxygens (including phenoxy) is 1. The van der Waals surface area contributed by atoms with Crippen LogP contribution in [0.1, 0.15) is 31.4 Å². The molecule has 0 spiro atoms. The quantitative estimate of drug-likeness (QED) is 0.779. The van der Waals surface area contributed by atoms with Crippen LogP contribution in [0.25, 0.3) is 0 Å². The molecule has 0 amide bonds. The van der Waals surface area contributed by atoms with Crippen LogP contribution in [0.3, 0.4) is 0 Å². The van der Waals surface area contributed by atoms with Crippen molar-refractivity contribution in [1.82, 2.24) is 0 Å². The van der Waals surface area contributed by atoms with E-state index in [9.17, 15) is 0 Å². The Labute approximate surface area is 85.5 Å². The maximum atomic E-state index is 9.02. The molecule has 14 heavy (non-hydrogen) atoms. The number of benzene rings is 1. The van der Waals surface area contributed by atoms with Gasteiger partial charge in [-0.15, -0.1) is 0 Å². The van der Waals surface area contributed by atoms with E-state index in [4.69, 9.17) is 9.84 Å². The van der Waals surface area contributed by atoms with Crippen molar-refractivity contribution in [3.63, 3.8) is 0 Å². The molecule has 1 N–H and O–H groups in total. The molecule has 0 saturated carbocycles. The zero-order chi connectivity index (χ0) is 10.4. The van der Waals surface area contributed by atoms with Crippen LogP contribution < -0.4 is 4.74 Å². The molecule has 1 rings (SSSR count). The first-order chi connectivity index (χ1) is 6.83. The number of aliphatic hydroxyl groups is 1. The Bertz CT molecular complexity index is 282. The van der Waals surface area contributed by atoms with Crippen LogP contribution >= 0.6 is 0 Å². The van der Waals surface area contributed by atoms with Gasteiger partial charge in [0, 0.05) is 0 Å². The van der Waals surface area contributed by atoms with E-state index >= 15 is 0 Å². The Kier molecular flexibility index (Phi) is 4.47. The predicted molar refractivity (Wildman–Crippen MR) is 56.9 cm³/mol. The molecule has 0 unspecified atom stereocenters. The highest BCUT2D eigenvalue weighted by Gasteiger charge is 2.06. The van der Waals surface area contributed by atoms with Gasteiger partial charge in [-0.25, -0.2) is 0 Å². The Morgan fingerprint density at radius 3 is 2.71 bits per heavy atom. The fourth-order valence-electron chi connectivity index (χ4n) is 1.43. The highest BCUT2D eigenvalue weighted by atomic mass is 16.5. The summed E-state index contributed by atoms with van der Waals surface area (Å²) in [5.74, 6) is 0.886. The van der Waals surface area contributed by atoms with Crippen LogP contribution in [0.15, 0.2) is 18.2 Å². The second-order valence-electron chi connectivity index (χ2n) is 3.16. The van der Waals surface area contributed by atoms with E-state index in [0.717, 1.165) is 42.9 Å². The van der Waals surface area contributed by atoms with Gasteiger partial charge in [-0.05, 0) is 30.0 Å². The molecule has 0 aromatic heterocycles. The molecule has 0 aliphatic heterocycles. The molecule has 1 radical (unpaired) electrons. The third-order valence-electron chi connectivity index (χ3n) is 2.12. The number of hydrogen-bond acceptors (Lipinski definition) is 2. The molecule has 77 valence electrons. The minimum absolute atomic E-state index is 0.724. The predicted octanol–water partition coefficient (Wildman–Crippen LogP) is 2.92. The van der Waals surface area contributed by atoms with Crippen LogP contribution in [0.4, 0.5) is 0 Å². The van der Waals surface area contributed by atoms with E-state index in [0.29, 0.717) is 0 Å². The summed E-state index contributed by atoms with van der Waals surface area (Å²) in [6, 6.07) is 5.73. The zero-order valence-electron chi connectivity index (χ0n) is 8.79. The van der Waals surface area contributed by atoms with Crippen LogP contribution in [0.5, 0.6) is 5.75 Å². The highest BCUT2D eigenvalue weighted by molar-refractivity contribution is 5.42. The highest BCUT2D eigenvalue weighted by Crippen LogP contribution is 2.23. The first-order valence-electron chi connectivity index (χ1n) is 5.05. The van der Waals surface area contributed by atoms with Gasteiger partial charge < -0.3 is 9.84 Å². The average molecular weight is 193 g/mol. The zero-order valence-corrected chi connectivity index (χ0v) is 8.79. The molecule has 0 heterocycles. The fraction of sp³-hybridized carbons (Fsp3) is 0.417. The minimum atomic E-state index is 0.724. The lowest BCUT2D eigenvalue weighted by molar-refractivity contribution is 0.313. The monoisotopic (exact) mass is 193 g/mol. The molecule has 1 aromatic carbocycles.